The second-order valence-electron chi connectivity index (χ2n) is 11.8. The van der Waals surface area contributed by atoms with Gasteiger partial charge in [0.1, 0.15) is 11.4 Å². The number of carbonyl (C=O) groups is 2. The van der Waals surface area contributed by atoms with E-state index in [0.717, 1.165) is 58.6 Å². The maximum absolute atomic E-state index is 16.2. The summed E-state index contributed by atoms with van der Waals surface area (Å²) in [5, 5.41) is 5.40. The van der Waals surface area contributed by atoms with Crippen molar-refractivity contribution in [1.29, 1.82) is 0 Å². The van der Waals surface area contributed by atoms with Crippen LogP contribution in [-0.4, -0.2) is 39.1 Å². The number of rotatable bonds is 8. The van der Waals surface area contributed by atoms with Crippen LogP contribution < -0.4 is 26.6 Å². The van der Waals surface area contributed by atoms with Crippen molar-refractivity contribution >= 4 is 17.5 Å². The van der Waals surface area contributed by atoms with Crippen LogP contribution in [0.15, 0.2) is 58.3 Å². The van der Waals surface area contributed by atoms with E-state index in [4.69, 9.17) is 4.74 Å². The van der Waals surface area contributed by atoms with Gasteiger partial charge in [0.25, 0.3) is 11.5 Å². The van der Waals surface area contributed by atoms with Crippen molar-refractivity contribution in [3.63, 3.8) is 0 Å². The zero-order chi connectivity index (χ0) is 32.7. The number of hydrogen-bond donors (Lipinski definition) is 2. The number of methoxy groups -OCH3 is 1. The van der Waals surface area contributed by atoms with Crippen molar-refractivity contribution in [2.75, 3.05) is 12.4 Å². The van der Waals surface area contributed by atoms with Gasteiger partial charge in [0, 0.05) is 55.0 Å². The first-order chi connectivity index (χ1) is 22.1. The first kappa shape index (κ1) is 30.9. The number of aryl methyl sites for hydroxylation is 2. The molecule has 2 amide bonds. The summed E-state index contributed by atoms with van der Waals surface area (Å²) in [7, 11) is 4.16. The molecule has 1 aliphatic heterocycles. The number of carbonyl (C=O) groups excluding carboxylic acids is 2. The molecule has 2 N–H and O–H groups in total. The van der Waals surface area contributed by atoms with Crippen LogP contribution in [0.5, 0.6) is 5.88 Å². The fourth-order valence-electron chi connectivity index (χ4n) is 6.51. The number of pyridine rings is 1. The Hall–Kier alpha value is -5.13. The van der Waals surface area contributed by atoms with E-state index in [1.807, 2.05) is 6.07 Å². The molecule has 1 fully saturated rings. The quantitative estimate of drug-likeness (QED) is 0.297. The van der Waals surface area contributed by atoms with E-state index < -0.39 is 28.8 Å². The molecule has 1 aliphatic carbocycles. The van der Waals surface area contributed by atoms with Gasteiger partial charge in [-0.3, -0.25) is 19.0 Å². The minimum atomic E-state index is -0.915. The smallest absolute Gasteiger partial charge is 0.330 e. The van der Waals surface area contributed by atoms with Crippen molar-refractivity contribution < 1.29 is 23.1 Å². The van der Waals surface area contributed by atoms with Crippen LogP contribution in [0.25, 0.3) is 22.4 Å². The first-order valence-electron chi connectivity index (χ1n) is 15.1. The summed E-state index contributed by atoms with van der Waals surface area (Å²) in [6, 6.07) is 10.8. The molecule has 2 aromatic heterocycles. The Morgan fingerprint density at radius 2 is 1.72 bits per heavy atom. The number of fused-ring (bicyclic) bond motifs is 1. The van der Waals surface area contributed by atoms with E-state index >= 15 is 8.78 Å². The van der Waals surface area contributed by atoms with E-state index in [1.54, 1.807) is 12.1 Å². The molecule has 12 heteroatoms. The van der Waals surface area contributed by atoms with E-state index in [-0.39, 0.29) is 45.8 Å². The number of benzene rings is 2. The predicted molar refractivity (Wildman–Crippen MR) is 168 cm³/mol. The Morgan fingerprint density at radius 3 is 2.43 bits per heavy atom. The number of amides is 2. The van der Waals surface area contributed by atoms with Crippen LogP contribution >= 0.6 is 0 Å². The Kier molecular flexibility index (Phi) is 8.28. The summed E-state index contributed by atoms with van der Waals surface area (Å²) in [5.74, 6) is -1.77. The zero-order valence-electron chi connectivity index (χ0n) is 25.7. The molecule has 0 bridgehead atoms. The topological polar surface area (TPSA) is 124 Å². The van der Waals surface area contributed by atoms with Crippen LogP contribution in [0.3, 0.4) is 0 Å². The molecule has 3 heterocycles. The number of anilines is 1. The molecule has 238 valence electrons. The van der Waals surface area contributed by atoms with Gasteiger partial charge in [0.15, 0.2) is 5.82 Å². The third-order valence-corrected chi connectivity index (χ3v) is 8.92. The lowest BCUT2D eigenvalue weighted by atomic mass is 9.93. The molecule has 0 saturated carbocycles. The highest BCUT2D eigenvalue weighted by molar-refractivity contribution is 6.04. The van der Waals surface area contributed by atoms with Gasteiger partial charge in [-0.15, -0.1) is 0 Å². The van der Waals surface area contributed by atoms with Gasteiger partial charge in [0.2, 0.25) is 11.8 Å². The third kappa shape index (κ3) is 5.59. The summed E-state index contributed by atoms with van der Waals surface area (Å²) >= 11 is 0. The fourth-order valence-corrected chi connectivity index (χ4v) is 6.51. The average Bonchev–Trinajstić information content (AvgIpc) is 3.66. The fraction of sp³-hybridized carbons (Fsp3) is 0.324. The second kappa shape index (κ2) is 12.3. The molecule has 2 aromatic carbocycles. The predicted octanol–water partition coefficient (Wildman–Crippen LogP) is 4.44. The lowest BCUT2D eigenvalue weighted by Crippen LogP contribution is -2.40. The SMILES string of the molecule is COc1nc(-c2cccc(-c3cccc(NC(=O)c4cn(C)c(=O)n(C)c4=O)c3F)c2F)cc2c1[C@H](CC[C@@H]1CCC(=O)N1)CC2. The van der Waals surface area contributed by atoms with Gasteiger partial charge in [-0.05, 0) is 61.8 Å². The van der Waals surface area contributed by atoms with Gasteiger partial charge in [-0.25, -0.2) is 18.6 Å². The van der Waals surface area contributed by atoms with Crippen molar-refractivity contribution in [3.8, 4) is 28.3 Å². The van der Waals surface area contributed by atoms with Crippen LogP contribution in [0.2, 0.25) is 0 Å². The number of halogens is 2. The molecule has 0 radical (unpaired) electrons. The van der Waals surface area contributed by atoms with Gasteiger partial charge in [-0.1, -0.05) is 24.3 Å². The Balaban J connectivity index is 1.29. The van der Waals surface area contributed by atoms with Crippen molar-refractivity contribution in [3.05, 3.63) is 97.8 Å². The zero-order valence-corrected chi connectivity index (χ0v) is 25.7. The molecule has 46 heavy (non-hydrogen) atoms. The second-order valence-corrected chi connectivity index (χ2v) is 11.8. The lowest BCUT2D eigenvalue weighted by Gasteiger charge is -2.18. The number of nitrogens with zero attached hydrogens (tertiary/aromatic N) is 3. The lowest BCUT2D eigenvalue weighted by molar-refractivity contribution is -0.119. The highest BCUT2D eigenvalue weighted by atomic mass is 19.1. The minimum absolute atomic E-state index is 0.0399. The summed E-state index contributed by atoms with van der Waals surface area (Å²) in [6.07, 6.45) is 5.90. The standard InChI is InChI=1S/C34H33F2N5O5/c1-40-17-24(33(44)41(2)34(40)45)31(43)38-25-9-5-7-22(30(25)36)21-6-4-8-23(29(21)35)26-16-19-11-10-18(28(19)32(39-26)46-3)12-13-20-14-15-27(42)37-20/h4-9,16-18,20H,10-15H2,1-3H3,(H,37,42)(H,38,43)/t18-,20+/m0/s1. The molecule has 1 saturated heterocycles. The van der Waals surface area contributed by atoms with Crippen LogP contribution in [-0.2, 0) is 25.3 Å². The maximum atomic E-state index is 16.2. The highest BCUT2D eigenvalue weighted by Gasteiger charge is 2.31. The van der Waals surface area contributed by atoms with E-state index in [2.05, 4.69) is 15.6 Å². The summed E-state index contributed by atoms with van der Waals surface area (Å²) in [4.78, 5) is 53.7. The summed E-state index contributed by atoms with van der Waals surface area (Å²) in [5.41, 5.74) is 0.350. The molecule has 4 aromatic rings. The number of hydrogen-bond acceptors (Lipinski definition) is 6. The molecule has 6 rings (SSSR count). The summed E-state index contributed by atoms with van der Waals surface area (Å²) in [6.45, 7) is 0. The Labute approximate surface area is 263 Å². The Morgan fingerprint density at radius 1 is 1.00 bits per heavy atom. The van der Waals surface area contributed by atoms with Crippen molar-refractivity contribution in [2.24, 2.45) is 14.1 Å². The summed E-state index contributed by atoms with van der Waals surface area (Å²) < 4.78 is 39.6. The maximum Gasteiger partial charge on any atom is 0.330 e. The van der Waals surface area contributed by atoms with Gasteiger partial charge < -0.3 is 19.9 Å². The first-order valence-corrected chi connectivity index (χ1v) is 15.1. The minimum Gasteiger partial charge on any atom is -0.481 e. The molecule has 0 unspecified atom stereocenters. The van der Waals surface area contributed by atoms with Gasteiger partial charge in [-0.2, -0.15) is 0 Å². The van der Waals surface area contributed by atoms with Crippen LogP contribution in [0, 0.1) is 11.6 Å². The van der Waals surface area contributed by atoms with E-state index in [1.165, 1.54) is 45.5 Å². The highest BCUT2D eigenvalue weighted by Crippen LogP contribution is 2.44. The van der Waals surface area contributed by atoms with Crippen LogP contribution in [0.4, 0.5) is 14.5 Å². The molecule has 10 nitrogen and oxygen atoms in total. The molecule has 2 atom stereocenters. The number of aromatic nitrogens is 3. The van der Waals surface area contributed by atoms with Crippen LogP contribution in [0.1, 0.15) is 59.5 Å². The monoisotopic (exact) mass is 629 g/mol. The van der Waals surface area contributed by atoms with Crippen molar-refractivity contribution in [2.45, 2.75) is 50.5 Å². The molecular weight excluding hydrogens is 596 g/mol. The number of nitrogens with one attached hydrogen (secondary N) is 2. The third-order valence-electron chi connectivity index (χ3n) is 8.92. The molecular formula is C34H33F2N5O5. The molecule has 2 aliphatic rings. The average molecular weight is 630 g/mol. The molecule has 0 spiro atoms. The number of ether oxygens (including phenoxy) is 1. The van der Waals surface area contributed by atoms with E-state index in [9.17, 15) is 19.2 Å². The van der Waals surface area contributed by atoms with Gasteiger partial charge in [0.05, 0.1) is 18.5 Å². The van der Waals surface area contributed by atoms with Gasteiger partial charge >= 0.3 is 5.69 Å². The normalized spacial score (nSPS) is 17.1. The van der Waals surface area contributed by atoms with Crippen molar-refractivity contribution in [1.82, 2.24) is 19.4 Å². The van der Waals surface area contributed by atoms with E-state index in [0.29, 0.717) is 18.0 Å². The largest absolute Gasteiger partial charge is 0.481 e. The Bertz CT molecular complexity index is 2000.